The average Bonchev–Trinajstić information content (AvgIpc) is 2.84. The number of nitrogens with one attached hydrogen (secondary N) is 1. The molecular formula is C15H10BrClN2OS. The van der Waals surface area contributed by atoms with E-state index in [0.29, 0.717) is 16.4 Å². The van der Waals surface area contributed by atoms with E-state index in [1.54, 1.807) is 6.20 Å². The number of pyridine rings is 1. The van der Waals surface area contributed by atoms with Crippen LogP contribution in [0, 0.1) is 0 Å². The number of benzene rings is 1. The molecule has 6 heteroatoms. The summed E-state index contributed by atoms with van der Waals surface area (Å²) in [6.45, 7) is 0.380. The van der Waals surface area contributed by atoms with E-state index in [1.807, 2.05) is 36.4 Å². The van der Waals surface area contributed by atoms with E-state index in [0.717, 1.165) is 20.3 Å². The van der Waals surface area contributed by atoms with E-state index in [2.05, 4.69) is 26.2 Å². The first-order valence-electron chi connectivity index (χ1n) is 6.21. The van der Waals surface area contributed by atoms with Crippen molar-refractivity contribution in [1.29, 1.82) is 0 Å². The maximum atomic E-state index is 12.3. The fourth-order valence-corrected chi connectivity index (χ4v) is 4.28. The van der Waals surface area contributed by atoms with Crippen LogP contribution >= 0.6 is 38.9 Å². The first-order chi connectivity index (χ1) is 10.2. The molecule has 0 saturated carbocycles. The highest BCUT2D eigenvalue weighted by atomic mass is 79.9. The van der Waals surface area contributed by atoms with Crippen molar-refractivity contribution >= 4 is 54.9 Å². The second kappa shape index (κ2) is 6.13. The standard InChI is InChI=1S/C15H10BrClN2OS/c16-10-5-3-6-11-12(10)13(17)14(21-11)15(20)19-8-9-4-1-2-7-18-9/h1-7H,8H2,(H,19,20). The zero-order valence-corrected chi connectivity index (χ0v) is 13.9. The molecule has 3 aromatic rings. The average molecular weight is 382 g/mol. The maximum absolute atomic E-state index is 12.3. The number of nitrogens with zero attached hydrogens (tertiary/aromatic N) is 1. The molecule has 0 aliphatic carbocycles. The van der Waals surface area contributed by atoms with Gasteiger partial charge in [-0.3, -0.25) is 9.78 Å². The van der Waals surface area contributed by atoms with Crippen molar-refractivity contribution < 1.29 is 4.79 Å². The van der Waals surface area contributed by atoms with Gasteiger partial charge in [0.15, 0.2) is 0 Å². The third-order valence-corrected chi connectivity index (χ3v) is 5.27. The van der Waals surface area contributed by atoms with Crippen molar-refractivity contribution in [1.82, 2.24) is 10.3 Å². The normalized spacial score (nSPS) is 10.8. The summed E-state index contributed by atoms with van der Waals surface area (Å²) in [7, 11) is 0. The molecule has 0 aliphatic rings. The van der Waals surface area contributed by atoms with E-state index < -0.39 is 0 Å². The number of rotatable bonds is 3. The van der Waals surface area contributed by atoms with Crippen LogP contribution < -0.4 is 5.32 Å². The Morgan fingerprint density at radius 3 is 2.86 bits per heavy atom. The van der Waals surface area contributed by atoms with Crippen molar-refractivity contribution in [2.45, 2.75) is 6.54 Å². The number of carbonyl (C=O) groups is 1. The van der Waals surface area contributed by atoms with Crippen molar-refractivity contribution in [3.05, 3.63) is 62.7 Å². The molecule has 1 amide bonds. The van der Waals surface area contributed by atoms with Crippen LogP contribution in [-0.4, -0.2) is 10.9 Å². The molecule has 2 heterocycles. The molecule has 0 saturated heterocycles. The number of hydrogen-bond acceptors (Lipinski definition) is 3. The molecule has 0 unspecified atom stereocenters. The van der Waals surface area contributed by atoms with Crippen LogP contribution in [0.4, 0.5) is 0 Å². The fourth-order valence-electron chi connectivity index (χ4n) is 1.97. The molecule has 0 radical (unpaired) electrons. The van der Waals surface area contributed by atoms with E-state index in [-0.39, 0.29) is 5.91 Å². The summed E-state index contributed by atoms with van der Waals surface area (Å²) in [6.07, 6.45) is 1.70. The smallest absolute Gasteiger partial charge is 0.263 e. The van der Waals surface area contributed by atoms with E-state index in [4.69, 9.17) is 11.6 Å². The van der Waals surface area contributed by atoms with Crippen molar-refractivity contribution in [3.63, 3.8) is 0 Å². The lowest BCUT2D eigenvalue weighted by molar-refractivity contribution is 0.0954. The molecule has 1 N–H and O–H groups in total. The molecule has 0 atom stereocenters. The SMILES string of the molecule is O=C(NCc1ccccn1)c1sc2cccc(Br)c2c1Cl. The number of fused-ring (bicyclic) bond motifs is 1. The number of halogens is 2. The van der Waals surface area contributed by atoms with E-state index >= 15 is 0 Å². The lowest BCUT2D eigenvalue weighted by atomic mass is 10.2. The zero-order valence-electron chi connectivity index (χ0n) is 10.8. The third-order valence-electron chi connectivity index (χ3n) is 2.97. The Balaban J connectivity index is 1.85. The van der Waals surface area contributed by atoms with E-state index in [9.17, 15) is 4.79 Å². The highest BCUT2D eigenvalue weighted by Crippen LogP contribution is 2.39. The van der Waals surface area contributed by atoms with Crippen LogP contribution in [0.25, 0.3) is 10.1 Å². The second-order valence-corrected chi connectivity index (χ2v) is 6.65. The lowest BCUT2D eigenvalue weighted by Gasteiger charge is -2.03. The van der Waals surface area contributed by atoms with Crippen molar-refractivity contribution in [2.75, 3.05) is 0 Å². The molecule has 2 aromatic heterocycles. The van der Waals surface area contributed by atoms with Gasteiger partial charge in [-0.15, -0.1) is 11.3 Å². The van der Waals surface area contributed by atoms with Crippen LogP contribution in [0.5, 0.6) is 0 Å². The first-order valence-corrected chi connectivity index (χ1v) is 8.20. The van der Waals surface area contributed by atoms with Gasteiger partial charge in [-0.25, -0.2) is 0 Å². The summed E-state index contributed by atoms with van der Waals surface area (Å²) in [5.41, 5.74) is 0.810. The molecule has 0 fully saturated rings. The molecule has 106 valence electrons. The predicted octanol–water partition coefficient (Wildman–Crippen LogP) is 4.64. The number of thiophene rings is 1. The topological polar surface area (TPSA) is 42.0 Å². The van der Waals surface area contributed by atoms with Crippen LogP contribution in [0.15, 0.2) is 47.1 Å². The molecule has 0 aliphatic heterocycles. The fraction of sp³-hybridized carbons (Fsp3) is 0.0667. The molecule has 21 heavy (non-hydrogen) atoms. The molecule has 0 spiro atoms. The Bertz CT molecular complexity index is 804. The summed E-state index contributed by atoms with van der Waals surface area (Å²) >= 11 is 11.2. The Kier molecular flexibility index (Phi) is 4.24. The van der Waals surface area contributed by atoms with Gasteiger partial charge in [-0.05, 0) is 24.3 Å². The molecule has 1 aromatic carbocycles. The van der Waals surface area contributed by atoms with Gasteiger partial charge in [0.05, 0.1) is 17.3 Å². The van der Waals surface area contributed by atoms with Gasteiger partial charge in [0, 0.05) is 20.8 Å². The largest absolute Gasteiger partial charge is 0.346 e. The Labute approximate surface area is 139 Å². The quantitative estimate of drug-likeness (QED) is 0.718. The number of hydrogen-bond donors (Lipinski definition) is 1. The zero-order chi connectivity index (χ0) is 14.8. The predicted molar refractivity (Wildman–Crippen MR) is 89.9 cm³/mol. The van der Waals surface area contributed by atoms with Crippen LogP contribution in [0.2, 0.25) is 5.02 Å². The number of carbonyl (C=O) groups excluding carboxylic acids is 1. The lowest BCUT2D eigenvalue weighted by Crippen LogP contribution is -2.22. The highest BCUT2D eigenvalue weighted by molar-refractivity contribution is 9.10. The summed E-state index contributed by atoms with van der Waals surface area (Å²) in [5, 5.41) is 4.21. The Hall–Kier alpha value is -1.43. The van der Waals surface area contributed by atoms with Gasteiger partial charge < -0.3 is 5.32 Å². The minimum absolute atomic E-state index is 0.182. The minimum atomic E-state index is -0.182. The molecular weight excluding hydrogens is 372 g/mol. The molecule has 3 nitrogen and oxygen atoms in total. The Morgan fingerprint density at radius 1 is 1.29 bits per heavy atom. The van der Waals surface area contributed by atoms with E-state index in [1.165, 1.54) is 11.3 Å². The van der Waals surface area contributed by atoms with Gasteiger partial charge in [-0.2, -0.15) is 0 Å². The van der Waals surface area contributed by atoms with Gasteiger partial charge in [-0.1, -0.05) is 39.7 Å². The van der Waals surface area contributed by atoms with Crippen molar-refractivity contribution in [2.24, 2.45) is 0 Å². The van der Waals surface area contributed by atoms with Crippen LogP contribution in [0.1, 0.15) is 15.4 Å². The van der Waals surface area contributed by atoms with Gasteiger partial charge in [0.1, 0.15) is 4.88 Å². The van der Waals surface area contributed by atoms with Gasteiger partial charge in [0.25, 0.3) is 5.91 Å². The summed E-state index contributed by atoms with van der Waals surface area (Å²) in [5.74, 6) is -0.182. The van der Waals surface area contributed by atoms with Crippen LogP contribution in [-0.2, 0) is 6.54 Å². The summed E-state index contributed by atoms with van der Waals surface area (Å²) in [6, 6.07) is 11.4. The molecule has 3 rings (SSSR count). The maximum Gasteiger partial charge on any atom is 0.263 e. The first kappa shape index (κ1) is 14.5. The molecule has 0 bridgehead atoms. The minimum Gasteiger partial charge on any atom is -0.346 e. The van der Waals surface area contributed by atoms with Gasteiger partial charge >= 0.3 is 0 Å². The number of aromatic nitrogens is 1. The Morgan fingerprint density at radius 2 is 2.14 bits per heavy atom. The summed E-state index contributed by atoms with van der Waals surface area (Å²) in [4.78, 5) is 17.0. The highest BCUT2D eigenvalue weighted by Gasteiger charge is 2.18. The van der Waals surface area contributed by atoms with Gasteiger partial charge in [0.2, 0.25) is 0 Å². The number of amides is 1. The van der Waals surface area contributed by atoms with Crippen LogP contribution in [0.3, 0.4) is 0 Å². The summed E-state index contributed by atoms with van der Waals surface area (Å²) < 4.78 is 1.88. The second-order valence-electron chi connectivity index (χ2n) is 4.36. The monoisotopic (exact) mass is 380 g/mol. The van der Waals surface area contributed by atoms with Crippen molar-refractivity contribution in [3.8, 4) is 0 Å². The third kappa shape index (κ3) is 2.95.